The average Bonchev–Trinajstić information content (AvgIpc) is 3.69. The summed E-state index contributed by atoms with van der Waals surface area (Å²) in [5.41, 5.74) is 8.98. The lowest BCUT2D eigenvalue weighted by atomic mass is 10.00. The average molecular weight is 678 g/mol. The largest absolute Gasteiger partial charge is 0.456 e. The van der Waals surface area contributed by atoms with Crippen LogP contribution in [0.2, 0.25) is 0 Å². The fourth-order valence-corrected chi connectivity index (χ4v) is 8.46. The Morgan fingerprint density at radius 3 is 1.66 bits per heavy atom. The standard InChI is InChI=1S/C47H27N5O/c1-3-11-30(12-4-1)45-48-46(31-23-24-36-34(27-31)33-17-7-8-18-35(33)51(36)32-15-5-2-6-16-32)50-47(49-45)52-37-25-21-28-13-9-19-39-41(28)43(37)44-38(52)26-22-29-14-10-20-40(53-39)42(29)44/h1-27H. The van der Waals surface area contributed by atoms with Crippen molar-refractivity contribution < 1.29 is 4.42 Å². The van der Waals surface area contributed by atoms with E-state index in [1.54, 1.807) is 0 Å². The second kappa shape index (κ2) is 10.6. The highest BCUT2D eigenvalue weighted by molar-refractivity contribution is 6.33. The van der Waals surface area contributed by atoms with Gasteiger partial charge >= 0.3 is 0 Å². The predicted molar refractivity (Wildman–Crippen MR) is 215 cm³/mol. The summed E-state index contributed by atoms with van der Waals surface area (Å²) < 4.78 is 11.2. The zero-order valence-corrected chi connectivity index (χ0v) is 28.2. The van der Waals surface area contributed by atoms with Gasteiger partial charge in [-0.1, -0.05) is 103 Å². The molecule has 0 atom stereocenters. The van der Waals surface area contributed by atoms with E-state index >= 15 is 0 Å². The number of para-hydroxylation sites is 2. The topological polar surface area (TPSA) is 61.7 Å². The van der Waals surface area contributed by atoms with Crippen LogP contribution in [0.15, 0.2) is 168 Å². The summed E-state index contributed by atoms with van der Waals surface area (Å²) in [7, 11) is 0. The zero-order valence-electron chi connectivity index (χ0n) is 28.2. The molecular weight excluding hydrogens is 651 g/mol. The second-order valence-electron chi connectivity index (χ2n) is 13.6. The smallest absolute Gasteiger partial charge is 0.238 e. The highest BCUT2D eigenvalue weighted by Crippen LogP contribution is 2.44. The quantitative estimate of drug-likeness (QED) is 0.186. The molecule has 0 fully saturated rings. The molecule has 0 aliphatic heterocycles. The summed E-state index contributed by atoms with van der Waals surface area (Å²) in [6, 6.07) is 57.1. The third-order valence-corrected chi connectivity index (χ3v) is 10.7. The molecule has 12 rings (SSSR count). The fourth-order valence-electron chi connectivity index (χ4n) is 8.46. The summed E-state index contributed by atoms with van der Waals surface area (Å²) in [5, 5.41) is 9.04. The number of nitrogens with zero attached hydrogens (tertiary/aromatic N) is 5. The van der Waals surface area contributed by atoms with Crippen LogP contribution in [0.25, 0.3) is 111 Å². The Hall–Kier alpha value is -7.31. The second-order valence-corrected chi connectivity index (χ2v) is 13.6. The van der Waals surface area contributed by atoms with Crippen molar-refractivity contribution in [3.63, 3.8) is 0 Å². The first-order valence-electron chi connectivity index (χ1n) is 17.8. The number of fused-ring (bicyclic) bond motifs is 3. The summed E-state index contributed by atoms with van der Waals surface area (Å²) in [6.45, 7) is 0. The lowest BCUT2D eigenvalue weighted by molar-refractivity contribution is 0.664. The molecule has 0 saturated carbocycles. The van der Waals surface area contributed by atoms with Gasteiger partial charge < -0.3 is 8.98 Å². The molecular formula is C47H27N5O. The molecule has 0 aliphatic rings. The molecule has 0 amide bonds. The maximum atomic E-state index is 6.66. The number of aromatic nitrogens is 5. The van der Waals surface area contributed by atoms with Crippen molar-refractivity contribution in [3.05, 3.63) is 164 Å². The third kappa shape index (κ3) is 4.00. The van der Waals surface area contributed by atoms with Crippen LogP contribution in [-0.4, -0.2) is 24.1 Å². The van der Waals surface area contributed by atoms with Gasteiger partial charge in [-0.25, -0.2) is 4.98 Å². The van der Waals surface area contributed by atoms with Gasteiger partial charge in [-0.05, 0) is 71.4 Å². The van der Waals surface area contributed by atoms with Crippen molar-refractivity contribution in [1.29, 1.82) is 0 Å². The summed E-state index contributed by atoms with van der Waals surface area (Å²) in [4.78, 5) is 15.7. The maximum absolute atomic E-state index is 6.66. The van der Waals surface area contributed by atoms with Gasteiger partial charge in [0, 0.05) is 49.1 Å². The molecule has 6 nitrogen and oxygen atoms in total. The molecule has 53 heavy (non-hydrogen) atoms. The molecule has 12 aromatic rings. The number of hydrogen-bond donors (Lipinski definition) is 0. The predicted octanol–water partition coefficient (Wildman–Crippen LogP) is 11.9. The van der Waals surface area contributed by atoms with Crippen molar-refractivity contribution in [2.24, 2.45) is 0 Å². The molecule has 4 heterocycles. The fraction of sp³-hybridized carbons (Fsp3) is 0. The molecule has 0 unspecified atom stereocenters. The van der Waals surface area contributed by atoms with E-state index in [4.69, 9.17) is 19.4 Å². The maximum Gasteiger partial charge on any atom is 0.238 e. The van der Waals surface area contributed by atoms with E-state index in [9.17, 15) is 0 Å². The monoisotopic (exact) mass is 677 g/mol. The Kier molecular flexibility index (Phi) is 5.68. The SMILES string of the molecule is c1ccc(-c2nc(-c3ccc4c(c3)c3ccccc3n4-c3ccccc3)nc(-n3c4ccc5cccc6oc7cccc8ccc3c(c87)c4c56)n2)cc1. The molecule has 6 heteroatoms. The van der Waals surface area contributed by atoms with Crippen molar-refractivity contribution in [1.82, 2.24) is 24.1 Å². The molecule has 8 aromatic carbocycles. The minimum atomic E-state index is 0.566. The van der Waals surface area contributed by atoms with Crippen molar-refractivity contribution in [2.75, 3.05) is 0 Å². The van der Waals surface area contributed by atoms with Crippen LogP contribution in [-0.2, 0) is 0 Å². The highest BCUT2D eigenvalue weighted by atomic mass is 16.3. The van der Waals surface area contributed by atoms with Crippen LogP contribution in [0.5, 0.6) is 0 Å². The number of hydrogen-bond acceptors (Lipinski definition) is 4. The van der Waals surface area contributed by atoms with Crippen LogP contribution in [0.4, 0.5) is 0 Å². The molecule has 4 aromatic heterocycles. The van der Waals surface area contributed by atoms with Gasteiger partial charge in [0.1, 0.15) is 11.2 Å². The molecule has 0 N–H and O–H groups in total. The van der Waals surface area contributed by atoms with Gasteiger partial charge in [0.15, 0.2) is 11.6 Å². The molecule has 246 valence electrons. The minimum absolute atomic E-state index is 0.566. The first-order chi connectivity index (χ1) is 26.3. The van der Waals surface area contributed by atoms with Crippen molar-refractivity contribution >= 4 is 76.3 Å². The van der Waals surface area contributed by atoms with Gasteiger partial charge in [0.05, 0.1) is 22.1 Å². The van der Waals surface area contributed by atoms with Crippen LogP contribution in [0.1, 0.15) is 0 Å². The lowest BCUT2D eigenvalue weighted by Crippen LogP contribution is -2.06. The molecule has 0 spiro atoms. The van der Waals surface area contributed by atoms with Gasteiger partial charge in [0.25, 0.3) is 0 Å². The van der Waals surface area contributed by atoms with E-state index in [1.165, 1.54) is 5.39 Å². The summed E-state index contributed by atoms with van der Waals surface area (Å²) in [6.07, 6.45) is 0. The summed E-state index contributed by atoms with van der Waals surface area (Å²) in [5.74, 6) is 1.79. The van der Waals surface area contributed by atoms with E-state index in [2.05, 4.69) is 155 Å². The number of rotatable bonds is 4. The van der Waals surface area contributed by atoms with Gasteiger partial charge in [-0.15, -0.1) is 0 Å². The van der Waals surface area contributed by atoms with Crippen LogP contribution in [0.3, 0.4) is 0 Å². The molecule has 0 bridgehead atoms. The van der Waals surface area contributed by atoms with Crippen molar-refractivity contribution in [3.8, 4) is 34.4 Å². The Bertz CT molecular complexity index is 3290. The van der Waals surface area contributed by atoms with E-state index in [1.807, 2.05) is 18.2 Å². The lowest BCUT2D eigenvalue weighted by Gasteiger charge is -2.12. The van der Waals surface area contributed by atoms with E-state index in [0.717, 1.165) is 87.8 Å². The Balaban J connectivity index is 1.17. The van der Waals surface area contributed by atoms with Crippen LogP contribution >= 0.6 is 0 Å². The first-order valence-corrected chi connectivity index (χ1v) is 17.8. The molecule has 0 radical (unpaired) electrons. The Morgan fingerprint density at radius 1 is 0.377 bits per heavy atom. The van der Waals surface area contributed by atoms with E-state index < -0.39 is 0 Å². The van der Waals surface area contributed by atoms with Crippen molar-refractivity contribution in [2.45, 2.75) is 0 Å². The zero-order chi connectivity index (χ0) is 34.6. The Morgan fingerprint density at radius 2 is 0.962 bits per heavy atom. The summed E-state index contributed by atoms with van der Waals surface area (Å²) >= 11 is 0. The van der Waals surface area contributed by atoms with Gasteiger partial charge in [-0.2, -0.15) is 9.97 Å². The van der Waals surface area contributed by atoms with Gasteiger partial charge in [0.2, 0.25) is 5.95 Å². The normalized spacial score (nSPS) is 12.2. The highest BCUT2D eigenvalue weighted by Gasteiger charge is 2.24. The first kappa shape index (κ1) is 28.4. The van der Waals surface area contributed by atoms with Crippen LogP contribution in [0, 0.1) is 0 Å². The third-order valence-electron chi connectivity index (χ3n) is 10.7. The molecule has 0 aliphatic carbocycles. The molecule has 0 saturated heterocycles. The Labute approximate surface area is 302 Å². The van der Waals surface area contributed by atoms with E-state index in [0.29, 0.717) is 17.6 Å². The van der Waals surface area contributed by atoms with Gasteiger partial charge in [-0.3, -0.25) is 4.57 Å². The minimum Gasteiger partial charge on any atom is -0.456 e. The van der Waals surface area contributed by atoms with Crippen LogP contribution < -0.4 is 0 Å². The number of benzene rings is 8. The van der Waals surface area contributed by atoms with E-state index in [-0.39, 0.29) is 0 Å².